The smallest absolute Gasteiger partial charge is 0.255 e. The Morgan fingerprint density at radius 2 is 1.96 bits per heavy atom. The van der Waals surface area contributed by atoms with Crippen molar-refractivity contribution in [3.05, 3.63) is 34.9 Å². The molecule has 3 amide bonds. The van der Waals surface area contributed by atoms with Gasteiger partial charge < -0.3 is 15.5 Å². The molecule has 0 bridgehead atoms. The van der Waals surface area contributed by atoms with Crippen LogP contribution in [0, 0.1) is 5.92 Å². The number of amides is 3. The van der Waals surface area contributed by atoms with Crippen LogP contribution in [0.4, 0.5) is 0 Å². The summed E-state index contributed by atoms with van der Waals surface area (Å²) in [5.74, 6) is 0.0947. The zero-order valence-corrected chi connectivity index (χ0v) is 15.9. The van der Waals surface area contributed by atoms with Crippen LogP contribution in [0.5, 0.6) is 0 Å². The molecule has 0 aromatic heterocycles. The topological polar surface area (TPSA) is 90.5 Å². The van der Waals surface area contributed by atoms with Gasteiger partial charge in [-0.3, -0.25) is 19.7 Å². The van der Waals surface area contributed by atoms with Crippen molar-refractivity contribution < 1.29 is 14.4 Å². The van der Waals surface area contributed by atoms with Crippen LogP contribution in [0.3, 0.4) is 0 Å². The van der Waals surface area contributed by atoms with Gasteiger partial charge in [0.2, 0.25) is 11.8 Å². The summed E-state index contributed by atoms with van der Waals surface area (Å²) in [6.07, 6.45) is 4.49. The molecule has 7 nitrogen and oxygen atoms in total. The molecule has 0 spiro atoms. The van der Waals surface area contributed by atoms with Crippen LogP contribution in [0.1, 0.15) is 53.6 Å². The van der Waals surface area contributed by atoms with Crippen molar-refractivity contribution >= 4 is 17.7 Å². The molecule has 1 aliphatic carbocycles. The van der Waals surface area contributed by atoms with Gasteiger partial charge in [0.1, 0.15) is 6.04 Å². The van der Waals surface area contributed by atoms with E-state index in [0.29, 0.717) is 30.6 Å². The number of hydrogen-bond acceptors (Lipinski definition) is 5. The number of imide groups is 1. The predicted molar refractivity (Wildman–Crippen MR) is 102 cm³/mol. The van der Waals surface area contributed by atoms with Crippen molar-refractivity contribution in [3.63, 3.8) is 0 Å². The maximum absolute atomic E-state index is 12.9. The second kappa shape index (κ2) is 6.97. The molecule has 1 saturated carbocycles. The lowest BCUT2D eigenvalue weighted by atomic mass is 10.0. The van der Waals surface area contributed by atoms with Crippen LogP contribution >= 0.6 is 0 Å². The fraction of sp³-hybridized carbons (Fsp3) is 0.571. The van der Waals surface area contributed by atoms with Gasteiger partial charge in [0.25, 0.3) is 5.91 Å². The van der Waals surface area contributed by atoms with Gasteiger partial charge >= 0.3 is 0 Å². The van der Waals surface area contributed by atoms with Gasteiger partial charge in [-0.25, -0.2) is 0 Å². The molecule has 7 heteroatoms. The molecular weight excluding hydrogens is 356 g/mol. The summed E-state index contributed by atoms with van der Waals surface area (Å²) in [5.41, 5.74) is 2.74. The number of nitrogens with zero attached hydrogens (tertiary/aromatic N) is 1. The minimum atomic E-state index is -0.553. The van der Waals surface area contributed by atoms with Gasteiger partial charge in [-0.1, -0.05) is 12.1 Å². The maximum atomic E-state index is 12.9. The molecule has 1 aromatic carbocycles. The Labute approximate surface area is 164 Å². The minimum Gasteiger partial charge on any atom is -0.322 e. The summed E-state index contributed by atoms with van der Waals surface area (Å²) in [6.45, 7) is 2.25. The molecule has 1 unspecified atom stereocenters. The lowest BCUT2D eigenvalue weighted by molar-refractivity contribution is -0.136. The van der Waals surface area contributed by atoms with Gasteiger partial charge in [-0.05, 0) is 55.3 Å². The van der Waals surface area contributed by atoms with Crippen LogP contribution in [-0.4, -0.2) is 47.3 Å². The van der Waals surface area contributed by atoms with Crippen molar-refractivity contribution in [3.8, 4) is 0 Å². The van der Waals surface area contributed by atoms with Gasteiger partial charge in [-0.2, -0.15) is 0 Å². The third-order valence-electron chi connectivity index (χ3n) is 6.56. The summed E-state index contributed by atoms with van der Waals surface area (Å²) >= 11 is 0. The van der Waals surface area contributed by atoms with E-state index in [1.54, 1.807) is 4.90 Å². The highest BCUT2D eigenvalue weighted by atomic mass is 16.2. The molecule has 28 heavy (non-hydrogen) atoms. The first-order valence-electron chi connectivity index (χ1n) is 10.3. The quantitative estimate of drug-likeness (QED) is 0.652. The highest BCUT2D eigenvalue weighted by molar-refractivity contribution is 6.05. The number of piperidine rings is 1. The van der Waals surface area contributed by atoms with E-state index in [4.69, 9.17) is 0 Å². The molecular formula is C21H26N4O3. The summed E-state index contributed by atoms with van der Waals surface area (Å²) < 4.78 is 0. The van der Waals surface area contributed by atoms with Crippen LogP contribution in [0.2, 0.25) is 0 Å². The first-order chi connectivity index (χ1) is 13.6. The first-order valence-corrected chi connectivity index (χ1v) is 10.3. The Bertz CT molecular complexity index is 835. The van der Waals surface area contributed by atoms with E-state index < -0.39 is 6.04 Å². The predicted octanol–water partition coefficient (Wildman–Crippen LogP) is 0.678. The average Bonchev–Trinajstić information content (AvgIpc) is 3.33. The van der Waals surface area contributed by atoms with Gasteiger partial charge in [-0.15, -0.1) is 0 Å². The van der Waals surface area contributed by atoms with E-state index in [0.717, 1.165) is 36.6 Å². The fourth-order valence-corrected chi connectivity index (χ4v) is 4.87. The molecule has 3 N–H and O–H groups in total. The average molecular weight is 382 g/mol. The third kappa shape index (κ3) is 3.22. The number of carbonyl (C=O) groups excluding carboxylic acids is 3. The zero-order chi connectivity index (χ0) is 19.3. The molecule has 3 aliphatic heterocycles. The van der Waals surface area contributed by atoms with Crippen molar-refractivity contribution in [2.75, 3.05) is 6.54 Å². The largest absolute Gasteiger partial charge is 0.322 e. The van der Waals surface area contributed by atoms with E-state index in [2.05, 4.69) is 22.0 Å². The molecule has 1 aromatic rings. The molecule has 148 valence electrons. The first kappa shape index (κ1) is 17.8. The van der Waals surface area contributed by atoms with E-state index in [-0.39, 0.29) is 24.1 Å². The zero-order valence-electron chi connectivity index (χ0n) is 15.9. The van der Waals surface area contributed by atoms with Crippen molar-refractivity contribution in [2.24, 2.45) is 5.92 Å². The molecule has 5 rings (SSSR count). The summed E-state index contributed by atoms with van der Waals surface area (Å²) in [5, 5.41) is 9.64. The third-order valence-corrected chi connectivity index (χ3v) is 6.56. The number of benzene rings is 1. The standard InChI is InChI=1S/C21H26N4O3/c26-18-6-5-17(20(27)24-18)25-11-14-2-1-12(9-15(14)21(25)28)10-23-16-7-8-22-19(16)13-3-4-13/h1-2,9,13,16-17,19,22-23H,3-8,10-11H2,(H,24,26,27)/t16-,17?,19+/m1/s1. The second-order valence-corrected chi connectivity index (χ2v) is 8.48. The van der Waals surface area contributed by atoms with E-state index >= 15 is 0 Å². The van der Waals surface area contributed by atoms with Gasteiger partial charge in [0, 0.05) is 37.2 Å². The SMILES string of the molecule is O=C1CCC(N2Cc3ccc(CN[C@@H]4CCN[C@H]4C4CC4)cc3C2=O)C(=O)N1. The Hall–Kier alpha value is -2.25. The normalized spacial score (nSPS) is 29.9. The van der Waals surface area contributed by atoms with Crippen molar-refractivity contribution in [1.29, 1.82) is 0 Å². The lowest BCUT2D eigenvalue weighted by Crippen LogP contribution is -2.52. The van der Waals surface area contributed by atoms with E-state index in [1.165, 1.54) is 12.8 Å². The Balaban J connectivity index is 1.26. The summed E-state index contributed by atoms with van der Waals surface area (Å²) in [6, 6.07) is 6.56. The molecule has 3 heterocycles. The van der Waals surface area contributed by atoms with E-state index in [9.17, 15) is 14.4 Å². The molecule has 4 aliphatic rings. The Kier molecular flexibility index (Phi) is 4.44. The highest BCUT2D eigenvalue weighted by Crippen LogP contribution is 2.36. The monoisotopic (exact) mass is 382 g/mol. The molecule has 3 fully saturated rings. The number of rotatable bonds is 5. The Morgan fingerprint density at radius 1 is 1.11 bits per heavy atom. The van der Waals surface area contributed by atoms with Crippen molar-refractivity contribution in [2.45, 2.75) is 63.3 Å². The van der Waals surface area contributed by atoms with Crippen LogP contribution in [-0.2, 0) is 22.7 Å². The number of nitrogens with one attached hydrogen (secondary N) is 3. The number of carbonyl (C=O) groups is 3. The maximum Gasteiger partial charge on any atom is 0.255 e. The fourth-order valence-electron chi connectivity index (χ4n) is 4.87. The number of hydrogen-bond donors (Lipinski definition) is 3. The minimum absolute atomic E-state index is 0.107. The molecule has 2 saturated heterocycles. The number of fused-ring (bicyclic) bond motifs is 1. The summed E-state index contributed by atoms with van der Waals surface area (Å²) in [4.78, 5) is 38.1. The van der Waals surface area contributed by atoms with Crippen LogP contribution in [0.15, 0.2) is 18.2 Å². The van der Waals surface area contributed by atoms with E-state index in [1.807, 2.05) is 12.1 Å². The van der Waals surface area contributed by atoms with Crippen molar-refractivity contribution in [1.82, 2.24) is 20.9 Å². The summed E-state index contributed by atoms with van der Waals surface area (Å²) in [7, 11) is 0. The van der Waals surface area contributed by atoms with Gasteiger partial charge in [0.15, 0.2) is 0 Å². The van der Waals surface area contributed by atoms with Gasteiger partial charge in [0.05, 0.1) is 0 Å². The lowest BCUT2D eigenvalue weighted by Gasteiger charge is -2.29. The molecule has 3 atom stereocenters. The van der Waals surface area contributed by atoms with Crippen LogP contribution < -0.4 is 16.0 Å². The Morgan fingerprint density at radius 3 is 2.75 bits per heavy atom. The molecule has 0 radical (unpaired) electrons. The van der Waals surface area contributed by atoms with Crippen LogP contribution in [0.25, 0.3) is 0 Å². The highest BCUT2D eigenvalue weighted by Gasteiger charge is 2.40. The second-order valence-electron chi connectivity index (χ2n) is 8.48.